The molecule has 0 radical (unpaired) electrons. The van der Waals surface area contributed by atoms with E-state index in [1.54, 1.807) is 0 Å². The second-order valence-electron chi connectivity index (χ2n) is 3.24. The molecule has 0 bridgehead atoms. The first-order valence-corrected chi connectivity index (χ1v) is 6.93. The first-order valence-electron chi connectivity index (χ1n) is 4.86. The van der Waals surface area contributed by atoms with Crippen molar-refractivity contribution in [1.29, 1.82) is 10.5 Å². The van der Waals surface area contributed by atoms with Crippen LogP contribution in [0.15, 0.2) is 40.5 Å². The molecule has 4 heteroatoms. The maximum absolute atomic E-state index is 8.90. The van der Waals surface area contributed by atoms with Crippen molar-refractivity contribution in [3.63, 3.8) is 0 Å². The van der Waals surface area contributed by atoms with E-state index >= 15 is 0 Å². The third-order valence-corrected chi connectivity index (χ3v) is 4.58. The van der Waals surface area contributed by atoms with Crippen LogP contribution in [0.3, 0.4) is 0 Å². The number of para-hydroxylation sites is 1. The van der Waals surface area contributed by atoms with Gasteiger partial charge >= 0.3 is 101 Å². The van der Waals surface area contributed by atoms with Gasteiger partial charge in [0.05, 0.1) is 0 Å². The standard InChI is InChI=1S/C12H9N3Se/c13-8-10(9-14)12-15(6-7-16-12)11-4-2-1-3-5-11/h1-5H,6-7H2. The Balaban J connectivity index is 2.41. The van der Waals surface area contributed by atoms with Crippen LogP contribution >= 0.6 is 0 Å². The van der Waals surface area contributed by atoms with Crippen molar-refractivity contribution in [1.82, 2.24) is 0 Å². The average molecular weight is 274 g/mol. The summed E-state index contributed by atoms with van der Waals surface area (Å²) in [6.07, 6.45) is 0. The molecule has 1 saturated heterocycles. The zero-order valence-electron chi connectivity index (χ0n) is 8.55. The molecule has 0 spiro atoms. The van der Waals surface area contributed by atoms with E-state index in [9.17, 15) is 0 Å². The summed E-state index contributed by atoms with van der Waals surface area (Å²) in [6.45, 7) is 0.909. The van der Waals surface area contributed by atoms with E-state index in [0.29, 0.717) is 0 Å². The van der Waals surface area contributed by atoms with Crippen molar-refractivity contribution in [3.05, 3.63) is 40.5 Å². The van der Waals surface area contributed by atoms with Crippen molar-refractivity contribution >= 4 is 20.6 Å². The van der Waals surface area contributed by atoms with Crippen LogP contribution in [0, 0.1) is 22.7 Å². The van der Waals surface area contributed by atoms with Gasteiger partial charge in [-0.25, -0.2) is 0 Å². The third kappa shape index (κ3) is 1.95. The molecule has 3 nitrogen and oxygen atoms in total. The molecule has 1 aromatic rings. The summed E-state index contributed by atoms with van der Waals surface area (Å²) in [5.41, 5.74) is 1.33. The first kappa shape index (κ1) is 10.8. The van der Waals surface area contributed by atoms with Crippen LogP contribution in [-0.4, -0.2) is 21.5 Å². The van der Waals surface area contributed by atoms with Gasteiger partial charge < -0.3 is 0 Å². The minimum absolute atomic E-state index is 0.247. The predicted molar refractivity (Wildman–Crippen MR) is 62.6 cm³/mol. The summed E-state index contributed by atoms with van der Waals surface area (Å²) in [4.78, 5) is 2.09. The number of nitriles is 2. The number of nitrogens with zero attached hydrogens (tertiary/aromatic N) is 3. The van der Waals surface area contributed by atoms with Crippen LogP contribution in [0.1, 0.15) is 0 Å². The van der Waals surface area contributed by atoms with Gasteiger partial charge in [0.1, 0.15) is 0 Å². The summed E-state index contributed by atoms with van der Waals surface area (Å²) < 4.78 is 0.920. The Hall–Kier alpha value is -1.74. The average Bonchev–Trinajstić information content (AvgIpc) is 2.81. The van der Waals surface area contributed by atoms with Gasteiger partial charge in [-0.15, -0.1) is 0 Å². The van der Waals surface area contributed by atoms with Crippen LogP contribution in [0.4, 0.5) is 5.69 Å². The molecule has 1 heterocycles. The second-order valence-corrected chi connectivity index (χ2v) is 5.51. The Kier molecular flexibility index (Phi) is 3.27. The van der Waals surface area contributed by atoms with E-state index in [2.05, 4.69) is 4.90 Å². The summed E-state index contributed by atoms with van der Waals surface area (Å²) in [7, 11) is 0. The van der Waals surface area contributed by atoms with Crippen molar-refractivity contribution in [2.45, 2.75) is 5.32 Å². The molecule has 0 atom stereocenters. The van der Waals surface area contributed by atoms with Crippen molar-refractivity contribution < 1.29 is 0 Å². The Morgan fingerprint density at radius 3 is 2.50 bits per heavy atom. The number of hydrogen-bond donors (Lipinski definition) is 0. The quantitative estimate of drug-likeness (QED) is 0.580. The molecule has 0 unspecified atom stereocenters. The molecule has 1 aliphatic rings. The van der Waals surface area contributed by atoms with E-state index in [1.165, 1.54) is 0 Å². The van der Waals surface area contributed by atoms with Crippen molar-refractivity contribution in [2.75, 3.05) is 11.4 Å². The Bertz CT molecular complexity index is 477. The van der Waals surface area contributed by atoms with Crippen LogP contribution in [0.25, 0.3) is 0 Å². The Morgan fingerprint density at radius 2 is 1.88 bits per heavy atom. The van der Waals surface area contributed by atoms with E-state index in [0.717, 1.165) is 22.1 Å². The Morgan fingerprint density at radius 1 is 1.19 bits per heavy atom. The Labute approximate surface area is 101 Å². The molecule has 16 heavy (non-hydrogen) atoms. The van der Waals surface area contributed by atoms with E-state index in [4.69, 9.17) is 10.5 Å². The predicted octanol–water partition coefficient (Wildman–Crippen LogP) is 1.89. The summed E-state index contributed by atoms with van der Waals surface area (Å²) >= 11 is 0.247. The molecule has 0 amide bonds. The zero-order valence-corrected chi connectivity index (χ0v) is 10.3. The molecule has 1 fully saturated rings. The summed E-state index contributed by atoms with van der Waals surface area (Å²) in [5, 5.41) is 18.9. The molecular weight excluding hydrogens is 265 g/mol. The maximum atomic E-state index is 8.90. The van der Waals surface area contributed by atoms with Gasteiger partial charge in [0.15, 0.2) is 0 Å². The van der Waals surface area contributed by atoms with Gasteiger partial charge in [0, 0.05) is 0 Å². The van der Waals surface area contributed by atoms with Gasteiger partial charge in [-0.05, 0) is 0 Å². The fourth-order valence-corrected chi connectivity index (χ4v) is 3.81. The fraction of sp³-hybridized carbons (Fsp3) is 0.167. The van der Waals surface area contributed by atoms with Gasteiger partial charge in [-0.1, -0.05) is 0 Å². The molecule has 1 aromatic carbocycles. The topological polar surface area (TPSA) is 50.8 Å². The van der Waals surface area contributed by atoms with Crippen LogP contribution in [-0.2, 0) is 0 Å². The van der Waals surface area contributed by atoms with Crippen LogP contribution in [0.2, 0.25) is 5.32 Å². The van der Waals surface area contributed by atoms with Gasteiger partial charge in [-0.3, -0.25) is 0 Å². The van der Waals surface area contributed by atoms with Gasteiger partial charge in [-0.2, -0.15) is 0 Å². The van der Waals surface area contributed by atoms with E-state index in [-0.39, 0.29) is 20.5 Å². The molecule has 0 saturated carbocycles. The van der Waals surface area contributed by atoms with Gasteiger partial charge in [0.2, 0.25) is 0 Å². The molecule has 78 valence electrons. The normalized spacial score (nSPS) is 14.4. The van der Waals surface area contributed by atoms with Crippen LogP contribution < -0.4 is 4.90 Å². The number of rotatable bonds is 1. The number of benzene rings is 1. The number of allylic oxidation sites excluding steroid dienone is 1. The molecule has 2 rings (SSSR count). The van der Waals surface area contributed by atoms with Gasteiger partial charge in [0.25, 0.3) is 0 Å². The zero-order chi connectivity index (χ0) is 11.4. The summed E-state index contributed by atoms with van der Waals surface area (Å²) in [5.74, 6) is 0. The van der Waals surface area contributed by atoms with E-state index < -0.39 is 0 Å². The first-order chi connectivity index (χ1) is 7.86. The SMILES string of the molecule is N#CC(C#N)=C1[Se]CCN1c1ccccc1. The number of anilines is 1. The van der Waals surface area contributed by atoms with Crippen molar-refractivity contribution in [3.8, 4) is 12.1 Å². The molecule has 0 N–H and O–H groups in total. The summed E-state index contributed by atoms with van der Waals surface area (Å²) in [6, 6.07) is 13.9. The molecule has 1 aliphatic heterocycles. The second kappa shape index (κ2) is 4.86. The van der Waals surface area contributed by atoms with E-state index in [1.807, 2.05) is 42.5 Å². The monoisotopic (exact) mass is 275 g/mol. The fourth-order valence-electron chi connectivity index (χ4n) is 1.60. The molecule has 0 aliphatic carbocycles. The number of hydrogen-bond acceptors (Lipinski definition) is 3. The van der Waals surface area contributed by atoms with Crippen LogP contribution in [0.5, 0.6) is 0 Å². The molecular formula is C12H9N3Se. The minimum atomic E-state index is 0.247. The third-order valence-electron chi connectivity index (χ3n) is 2.30. The molecule has 0 aromatic heterocycles. The van der Waals surface area contributed by atoms with Crippen molar-refractivity contribution in [2.24, 2.45) is 0 Å².